The van der Waals surface area contributed by atoms with Crippen LogP contribution in [0, 0.1) is 12.7 Å². The minimum Gasteiger partial charge on any atom is -0.291 e. The van der Waals surface area contributed by atoms with Crippen LogP contribution in [0.4, 0.5) is 4.39 Å². The van der Waals surface area contributed by atoms with Gasteiger partial charge in [-0.1, -0.05) is 23.9 Å². The fourth-order valence-electron chi connectivity index (χ4n) is 1.89. The van der Waals surface area contributed by atoms with Gasteiger partial charge in [0.25, 0.3) is 5.56 Å². The van der Waals surface area contributed by atoms with Gasteiger partial charge in [-0.3, -0.25) is 14.2 Å². The topological polar surface area (TPSA) is 63.0 Å². The zero-order valence-electron chi connectivity index (χ0n) is 10.6. The van der Waals surface area contributed by atoms with E-state index < -0.39 is 0 Å². The van der Waals surface area contributed by atoms with Crippen molar-refractivity contribution >= 4 is 17.5 Å². The van der Waals surface area contributed by atoms with Crippen molar-refractivity contribution in [3.05, 3.63) is 57.8 Å². The molecule has 0 radical (unpaired) electrons. The molecular weight excluding hydrogens is 279 g/mol. The molecule has 0 spiro atoms. The van der Waals surface area contributed by atoms with Crippen LogP contribution in [0.5, 0.6) is 0 Å². The minimum absolute atomic E-state index is 0.197. The third-order valence-electron chi connectivity index (χ3n) is 2.84. The van der Waals surface area contributed by atoms with Gasteiger partial charge in [-0.05, 0) is 24.6 Å². The molecule has 0 amide bonds. The van der Waals surface area contributed by atoms with E-state index in [-0.39, 0.29) is 11.4 Å². The van der Waals surface area contributed by atoms with Gasteiger partial charge in [0.2, 0.25) is 5.78 Å². The van der Waals surface area contributed by atoms with E-state index >= 15 is 0 Å². The quantitative estimate of drug-likeness (QED) is 0.751. The van der Waals surface area contributed by atoms with Crippen molar-refractivity contribution in [3.8, 4) is 0 Å². The lowest BCUT2D eigenvalue weighted by Gasteiger charge is -2.03. The molecule has 3 aromatic rings. The van der Waals surface area contributed by atoms with Crippen LogP contribution in [0.25, 0.3) is 5.78 Å². The SMILES string of the molecule is Cc1cc(=O)[nH]c2nnc(SCc3ccc(F)cc3)n12. The number of hydrogen-bond donors (Lipinski definition) is 1. The molecule has 0 aliphatic heterocycles. The summed E-state index contributed by atoms with van der Waals surface area (Å²) in [5, 5.41) is 8.70. The normalized spacial score (nSPS) is 11.1. The minimum atomic E-state index is -0.250. The van der Waals surface area contributed by atoms with Gasteiger partial charge >= 0.3 is 0 Å². The summed E-state index contributed by atoms with van der Waals surface area (Å²) in [5.74, 6) is 0.830. The summed E-state index contributed by atoms with van der Waals surface area (Å²) in [7, 11) is 0. The average Bonchev–Trinajstić information content (AvgIpc) is 2.81. The molecule has 0 fully saturated rings. The lowest BCUT2D eigenvalue weighted by atomic mass is 10.2. The van der Waals surface area contributed by atoms with Gasteiger partial charge in [0.1, 0.15) is 5.82 Å². The molecule has 7 heteroatoms. The van der Waals surface area contributed by atoms with E-state index in [0.717, 1.165) is 11.3 Å². The molecule has 2 aromatic heterocycles. The van der Waals surface area contributed by atoms with Crippen LogP contribution in [0.1, 0.15) is 11.3 Å². The molecule has 0 atom stereocenters. The number of benzene rings is 1. The Morgan fingerprint density at radius 1 is 1.30 bits per heavy atom. The highest BCUT2D eigenvalue weighted by atomic mass is 32.2. The Balaban J connectivity index is 1.88. The van der Waals surface area contributed by atoms with Crippen molar-refractivity contribution in [2.24, 2.45) is 0 Å². The van der Waals surface area contributed by atoms with Crippen molar-refractivity contribution < 1.29 is 4.39 Å². The van der Waals surface area contributed by atoms with Gasteiger partial charge in [-0.2, -0.15) is 0 Å². The first kappa shape index (κ1) is 12.9. The monoisotopic (exact) mass is 290 g/mol. The molecule has 1 aromatic carbocycles. The maximum Gasteiger partial charge on any atom is 0.252 e. The number of thioether (sulfide) groups is 1. The maximum atomic E-state index is 12.8. The second-order valence-electron chi connectivity index (χ2n) is 4.33. The van der Waals surface area contributed by atoms with Crippen molar-refractivity contribution in [2.45, 2.75) is 17.8 Å². The molecule has 102 valence electrons. The number of aromatic amines is 1. The van der Waals surface area contributed by atoms with Gasteiger partial charge in [-0.25, -0.2) is 4.39 Å². The predicted molar refractivity (Wildman–Crippen MR) is 74.3 cm³/mol. The zero-order chi connectivity index (χ0) is 14.1. The van der Waals surface area contributed by atoms with Gasteiger partial charge in [0, 0.05) is 17.5 Å². The van der Waals surface area contributed by atoms with Crippen LogP contribution in [0.2, 0.25) is 0 Å². The fraction of sp³-hybridized carbons (Fsp3) is 0.154. The number of aryl methyl sites for hydroxylation is 1. The van der Waals surface area contributed by atoms with E-state index in [2.05, 4.69) is 15.2 Å². The van der Waals surface area contributed by atoms with Gasteiger partial charge < -0.3 is 0 Å². The lowest BCUT2D eigenvalue weighted by Crippen LogP contribution is -2.09. The molecule has 20 heavy (non-hydrogen) atoms. The van der Waals surface area contributed by atoms with E-state index in [9.17, 15) is 9.18 Å². The van der Waals surface area contributed by atoms with Crippen LogP contribution in [0.15, 0.2) is 40.3 Å². The first-order valence-corrected chi connectivity index (χ1v) is 6.94. The maximum absolute atomic E-state index is 12.8. The highest BCUT2D eigenvalue weighted by Crippen LogP contribution is 2.21. The third kappa shape index (κ3) is 2.44. The highest BCUT2D eigenvalue weighted by molar-refractivity contribution is 7.98. The molecule has 0 aliphatic rings. The summed E-state index contributed by atoms with van der Waals surface area (Å²) >= 11 is 1.48. The van der Waals surface area contributed by atoms with Crippen molar-refractivity contribution in [2.75, 3.05) is 0 Å². The lowest BCUT2D eigenvalue weighted by molar-refractivity contribution is 0.627. The number of H-pyrrole nitrogens is 1. The Morgan fingerprint density at radius 3 is 2.80 bits per heavy atom. The highest BCUT2D eigenvalue weighted by Gasteiger charge is 2.09. The first-order chi connectivity index (χ1) is 9.63. The molecule has 0 aliphatic carbocycles. The number of halogens is 1. The molecule has 1 N–H and O–H groups in total. The van der Waals surface area contributed by atoms with E-state index in [4.69, 9.17) is 0 Å². The van der Waals surface area contributed by atoms with Gasteiger partial charge in [-0.15, -0.1) is 10.2 Å². The molecule has 0 saturated heterocycles. The summed E-state index contributed by atoms with van der Waals surface area (Å²) in [5.41, 5.74) is 1.57. The number of nitrogens with zero attached hydrogens (tertiary/aromatic N) is 3. The van der Waals surface area contributed by atoms with Crippen LogP contribution in [0.3, 0.4) is 0 Å². The second kappa shape index (κ2) is 5.09. The average molecular weight is 290 g/mol. The number of aromatic nitrogens is 4. The van der Waals surface area contributed by atoms with Crippen LogP contribution >= 0.6 is 11.8 Å². The van der Waals surface area contributed by atoms with Crippen molar-refractivity contribution in [1.29, 1.82) is 0 Å². The summed E-state index contributed by atoms with van der Waals surface area (Å²) in [4.78, 5) is 14.0. The number of hydrogen-bond acceptors (Lipinski definition) is 4. The van der Waals surface area contributed by atoms with Crippen molar-refractivity contribution in [1.82, 2.24) is 19.6 Å². The molecule has 0 unspecified atom stereocenters. The van der Waals surface area contributed by atoms with Crippen molar-refractivity contribution in [3.63, 3.8) is 0 Å². The predicted octanol–water partition coefficient (Wildman–Crippen LogP) is 2.16. The Kier molecular flexibility index (Phi) is 3.27. The molecule has 3 rings (SSSR count). The van der Waals surface area contributed by atoms with Crippen LogP contribution in [-0.4, -0.2) is 19.6 Å². The standard InChI is InChI=1S/C13H11FN4OS/c1-8-6-11(19)15-12-16-17-13(18(8)12)20-7-9-2-4-10(14)5-3-9/h2-6H,7H2,1H3,(H,15,16,19). The second-order valence-corrected chi connectivity index (χ2v) is 5.27. The first-order valence-electron chi connectivity index (χ1n) is 5.96. The number of fused-ring (bicyclic) bond motifs is 1. The summed E-state index contributed by atoms with van der Waals surface area (Å²) in [6, 6.07) is 7.83. The fourth-order valence-corrected chi connectivity index (χ4v) is 2.84. The van der Waals surface area contributed by atoms with E-state index in [1.807, 2.05) is 6.92 Å². The Hall–Kier alpha value is -2.15. The zero-order valence-corrected chi connectivity index (χ0v) is 11.4. The third-order valence-corrected chi connectivity index (χ3v) is 3.84. The molecular formula is C13H11FN4OS. The van der Waals surface area contributed by atoms with Gasteiger partial charge in [0.15, 0.2) is 5.16 Å². The van der Waals surface area contributed by atoms with Crippen LogP contribution < -0.4 is 5.56 Å². The van der Waals surface area contributed by atoms with E-state index in [1.54, 1.807) is 16.5 Å². The number of rotatable bonds is 3. The Bertz CT molecular complexity index is 809. The Labute approximate surface area is 117 Å². The summed E-state index contributed by atoms with van der Waals surface area (Å²) < 4.78 is 14.6. The summed E-state index contributed by atoms with van der Waals surface area (Å²) in [6.45, 7) is 1.83. The van der Waals surface area contributed by atoms with E-state index in [0.29, 0.717) is 16.7 Å². The smallest absolute Gasteiger partial charge is 0.252 e. The van der Waals surface area contributed by atoms with E-state index in [1.165, 1.54) is 30.0 Å². The molecule has 5 nitrogen and oxygen atoms in total. The number of nitrogens with one attached hydrogen (secondary N) is 1. The molecule has 0 saturated carbocycles. The Morgan fingerprint density at radius 2 is 2.05 bits per heavy atom. The summed E-state index contributed by atoms with van der Waals surface area (Å²) in [6.07, 6.45) is 0. The van der Waals surface area contributed by atoms with Crippen LogP contribution in [-0.2, 0) is 5.75 Å². The van der Waals surface area contributed by atoms with Gasteiger partial charge in [0.05, 0.1) is 0 Å². The molecule has 2 heterocycles. The largest absolute Gasteiger partial charge is 0.291 e. The molecule has 0 bridgehead atoms.